The number of rotatable bonds is 5. The number of para-hydroxylation sites is 1. The zero-order chi connectivity index (χ0) is 20.6. The monoisotopic (exact) mass is 500 g/mol. The molecule has 2 aromatic carbocycles. The molecule has 2 aromatic heterocycles. The molecule has 6 nitrogen and oxygen atoms in total. The molecule has 0 unspecified atom stereocenters. The molecule has 1 aliphatic heterocycles. The second-order valence-corrected chi connectivity index (χ2v) is 8.93. The van der Waals surface area contributed by atoms with Crippen molar-refractivity contribution in [2.45, 2.75) is 17.7 Å². The molecule has 0 bridgehead atoms. The van der Waals surface area contributed by atoms with E-state index in [1.807, 2.05) is 53.2 Å². The molecule has 31 heavy (non-hydrogen) atoms. The van der Waals surface area contributed by atoms with Crippen molar-refractivity contribution in [3.05, 3.63) is 96.4 Å². The summed E-state index contributed by atoms with van der Waals surface area (Å²) >= 11 is 0. The molecule has 0 atom stereocenters. The van der Waals surface area contributed by atoms with Gasteiger partial charge in [-0.3, -0.25) is 0 Å². The van der Waals surface area contributed by atoms with Gasteiger partial charge in [-0.05, 0) is 24.3 Å². The summed E-state index contributed by atoms with van der Waals surface area (Å²) in [6.45, 7) is 1.62. The zero-order valence-electron chi connectivity index (χ0n) is 16.6. The van der Waals surface area contributed by atoms with Crippen LogP contribution in [0.25, 0.3) is 10.9 Å². The van der Waals surface area contributed by atoms with Gasteiger partial charge in [0.15, 0.2) is 12.7 Å². The van der Waals surface area contributed by atoms with Crippen molar-refractivity contribution in [2.24, 2.45) is 0 Å². The molecule has 1 aliphatic rings. The van der Waals surface area contributed by atoms with Crippen LogP contribution in [0.4, 0.5) is 0 Å². The summed E-state index contributed by atoms with van der Waals surface area (Å²) in [5.74, 6) is 0. The number of halogens is 1. The van der Waals surface area contributed by atoms with Crippen molar-refractivity contribution in [1.82, 2.24) is 3.97 Å². The lowest BCUT2D eigenvalue weighted by Crippen LogP contribution is -3.00. The van der Waals surface area contributed by atoms with E-state index in [2.05, 4.69) is 0 Å². The van der Waals surface area contributed by atoms with Crippen LogP contribution < -0.4 is 21.5 Å². The van der Waals surface area contributed by atoms with E-state index >= 15 is 0 Å². The summed E-state index contributed by atoms with van der Waals surface area (Å²) in [7, 11) is -3.70. The molecule has 3 heterocycles. The number of benzene rings is 2. The van der Waals surface area contributed by atoms with Gasteiger partial charge in [-0.1, -0.05) is 36.4 Å². The molecule has 0 spiro atoms. The summed E-state index contributed by atoms with van der Waals surface area (Å²) in [5, 5.41) is 0.896. The normalized spacial score (nSPS) is 14.6. The molecule has 5 rings (SSSR count). The SMILES string of the molecule is O=S(=O)(c1ccccc1)n1cc(C[n+]2ccccc2C2OCCO2)c2ccccc21.[Br-]. The second kappa shape index (κ2) is 8.92. The van der Waals surface area contributed by atoms with Gasteiger partial charge in [-0.15, -0.1) is 0 Å². The van der Waals surface area contributed by atoms with Gasteiger partial charge >= 0.3 is 0 Å². The molecular weight excluding hydrogens is 480 g/mol. The van der Waals surface area contributed by atoms with E-state index in [0.29, 0.717) is 25.3 Å². The number of nitrogens with zero attached hydrogens (tertiary/aromatic N) is 2. The van der Waals surface area contributed by atoms with Crippen LogP contribution in [0.1, 0.15) is 17.5 Å². The lowest BCUT2D eigenvalue weighted by molar-refractivity contribution is -0.701. The van der Waals surface area contributed by atoms with Crippen molar-refractivity contribution in [3.8, 4) is 0 Å². The van der Waals surface area contributed by atoms with Crippen LogP contribution in [0.15, 0.2) is 90.1 Å². The minimum absolute atomic E-state index is 0. The van der Waals surface area contributed by atoms with Crippen molar-refractivity contribution in [1.29, 1.82) is 0 Å². The largest absolute Gasteiger partial charge is 1.00 e. The van der Waals surface area contributed by atoms with E-state index in [1.165, 1.54) is 3.97 Å². The van der Waals surface area contributed by atoms with E-state index in [9.17, 15) is 8.42 Å². The molecule has 0 aliphatic carbocycles. The average molecular weight is 501 g/mol. The van der Waals surface area contributed by atoms with Crippen molar-refractivity contribution < 1.29 is 39.4 Å². The Morgan fingerprint density at radius 2 is 1.58 bits per heavy atom. The van der Waals surface area contributed by atoms with E-state index in [-0.39, 0.29) is 21.9 Å². The second-order valence-electron chi connectivity index (χ2n) is 7.11. The fraction of sp³-hybridized carbons (Fsp3) is 0.174. The van der Waals surface area contributed by atoms with Crippen molar-refractivity contribution in [2.75, 3.05) is 13.2 Å². The maximum atomic E-state index is 13.3. The van der Waals surface area contributed by atoms with Gasteiger partial charge in [0.1, 0.15) is 0 Å². The van der Waals surface area contributed by atoms with Crippen LogP contribution in [0.2, 0.25) is 0 Å². The fourth-order valence-electron chi connectivity index (χ4n) is 3.81. The number of pyridine rings is 1. The first-order valence-electron chi connectivity index (χ1n) is 9.76. The maximum absolute atomic E-state index is 13.3. The highest BCUT2D eigenvalue weighted by Gasteiger charge is 2.28. The molecular formula is C23H21BrN2O4S. The van der Waals surface area contributed by atoms with Crippen LogP contribution >= 0.6 is 0 Å². The van der Waals surface area contributed by atoms with E-state index < -0.39 is 16.3 Å². The van der Waals surface area contributed by atoms with Gasteiger partial charge in [-0.2, -0.15) is 4.57 Å². The highest BCUT2D eigenvalue weighted by molar-refractivity contribution is 7.90. The smallest absolute Gasteiger partial charge is 0.268 e. The minimum Gasteiger partial charge on any atom is -1.00 e. The molecule has 0 amide bonds. The molecule has 1 fully saturated rings. The Balaban J connectivity index is 0.00000231. The Kier molecular flexibility index (Phi) is 6.24. The summed E-state index contributed by atoms with van der Waals surface area (Å²) in [4.78, 5) is 0.262. The number of hydrogen-bond donors (Lipinski definition) is 0. The van der Waals surface area contributed by atoms with Crippen molar-refractivity contribution >= 4 is 20.9 Å². The first-order chi connectivity index (χ1) is 14.6. The standard InChI is InChI=1S/C23H21N2O4S.BrH/c26-30(27,19-8-2-1-3-9-19)25-17-18(20-10-4-5-11-21(20)25)16-24-13-7-6-12-22(24)23-28-14-15-29-23;/h1-13,17,23H,14-16H2;1H/q+1;/p-1. The van der Waals surface area contributed by atoms with Gasteiger partial charge in [0.25, 0.3) is 10.0 Å². The maximum Gasteiger partial charge on any atom is 0.268 e. The van der Waals surface area contributed by atoms with Crippen LogP contribution in [-0.4, -0.2) is 25.6 Å². The number of ether oxygens (including phenoxy) is 2. The average Bonchev–Trinajstić information content (AvgIpc) is 3.44. The summed E-state index contributed by atoms with van der Waals surface area (Å²) in [6.07, 6.45) is 3.26. The molecule has 0 N–H and O–H groups in total. The predicted octanol–water partition coefficient (Wildman–Crippen LogP) is 0.264. The van der Waals surface area contributed by atoms with E-state index in [1.54, 1.807) is 36.5 Å². The van der Waals surface area contributed by atoms with Gasteiger partial charge in [0.05, 0.1) is 23.6 Å². The Hall–Kier alpha value is -2.52. The Morgan fingerprint density at radius 3 is 2.35 bits per heavy atom. The summed E-state index contributed by atoms with van der Waals surface area (Å²) in [6, 6.07) is 21.9. The topological polar surface area (TPSA) is 61.4 Å². The quantitative estimate of drug-likeness (QED) is 0.369. The third-order valence-corrected chi connectivity index (χ3v) is 6.93. The van der Waals surface area contributed by atoms with Gasteiger partial charge in [0.2, 0.25) is 12.0 Å². The lowest BCUT2D eigenvalue weighted by atomic mass is 10.1. The fourth-order valence-corrected chi connectivity index (χ4v) is 5.22. The van der Waals surface area contributed by atoms with Crippen LogP contribution in [0, 0.1) is 0 Å². The first kappa shape index (κ1) is 21.7. The molecule has 1 saturated heterocycles. The summed E-state index contributed by atoms with van der Waals surface area (Å²) < 4.78 is 41.4. The molecule has 0 radical (unpaired) electrons. The predicted molar refractivity (Wildman–Crippen MR) is 111 cm³/mol. The van der Waals surface area contributed by atoms with Crippen LogP contribution in [0.5, 0.6) is 0 Å². The van der Waals surface area contributed by atoms with Crippen LogP contribution in [-0.2, 0) is 26.0 Å². The first-order valence-corrected chi connectivity index (χ1v) is 11.2. The van der Waals surface area contributed by atoms with Gasteiger partial charge < -0.3 is 26.5 Å². The molecule has 8 heteroatoms. The number of hydrogen-bond acceptors (Lipinski definition) is 4. The lowest BCUT2D eigenvalue weighted by Gasteiger charge is -2.08. The zero-order valence-corrected chi connectivity index (χ0v) is 19.0. The molecule has 160 valence electrons. The van der Waals surface area contributed by atoms with Crippen LogP contribution in [0.3, 0.4) is 0 Å². The van der Waals surface area contributed by atoms with Gasteiger partial charge in [0, 0.05) is 29.3 Å². The number of aromatic nitrogens is 2. The van der Waals surface area contributed by atoms with E-state index in [4.69, 9.17) is 9.47 Å². The third kappa shape index (κ3) is 4.04. The highest BCUT2D eigenvalue weighted by Crippen LogP contribution is 2.27. The van der Waals surface area contributed by atoms with E-state index in [0.717, 1.165) is 16.6 Å². The minimum atomic E-state index is -3.70. The number of fused-ring (bicyclic) bond motifs is 1. The molecule has 0 saturated carbocycles. The Bertz CT molecular complexity index is 1300. The van der Waals surface area contributed by atoms with Crippen molar-refractivity contribution in [3.63, 3.8) is 0 Å². The Labute approximate surface area is 191 Å². The third-order valence-electron chi connectivity index (χ3n) is 5.24. The van der Waals surface area contributed by atoms with Gasteiger partial charge in [-0.25, -0.2) is 12.4 Å². The Morgan fingerprint density at radius 1 is 0.903 bits per heavy atom. The summed E-state index contributed by atoms with van der Waals surface area (Å²) in [5.41, 5.74) is 2.46. The molecule has 4 aromatic rings. The highest BCUT2D eigenvalue weighted by atomic mass is 79.9.